The van der Waals surface area contributed by atoms with E-state index in [-0.39, 0.29) is 0 Å². The standard InChI is InChI=1S/C19H23Cl/c1-3-5-9-16-10-6-7-11-17(16)14-18-15(4-2)12-8-13-19(18)20/h6-8,10-13H,3-5,9,14H2,1-2H3. The fourth-order valence-corrected chi connectivity index (χ4v) is 2.92. The highest BCUT2D eigenvalue weighted by Gasteiger charge is 2.09. The minimum absolute atomic E-state index is 0.898. The molecule has 1 heteroatoms. The second-order valence-electron chi connectivity index (χ2n) is 5.28. The third-order valence-electron chi connectivity index (χ3n) is 3.88. The summed E-state index contributed by atoms with van der Waals surface area (Å²) in [6.45, 7) is 4.43. The Balaban J connectivity index is 2.30. The zero-order valence-electron chi connectivity index (χ0n) is 12.5. The van der Waals surface area contributed by atoms with Crippen molar-refractivity contribution in [2.45, 2.75) is 46.0 Å². The lowest BCUT2D eigenvalue weighted by Crippen LogP contribution is -2.00. The summed E-state index contributed by atoms with van der Waals surface area (Å²) in [5.74, 6) is 0. The van der Waals surface area contributed by atoms with Crippen LogP contribution in [0.3, 0.4) is 0 Å². The van der Waals surface area contributed by atoms with Crippen LogP contribution in [0, 0.1) is 0 Å². The quantitative estimate of drug-likeness (QED) is 0.626. The van der Waals surface area contributed by atoms with E-state index in [1.807, 2.05) is 12.1 Å². The molecule has 20 heavy (non-hydrogen) atoms. The van der Waals surface area contributed by atoms with Crippen LogP contribution in [0.1, 0.15) is 48.9 Å². The molecule has 0 unspecified atom stereocenters. The molecule has 0 fully saturated rings. The second kappa shape index (κ2) is 7.50. The van der Waals surface area contributed by atoms with Crippen molar-refractivity contribution < 1.29 is 0 Å². The molecule has 0 radical (unpaired) electrons. The molecular formula is C19H23Cl. The number of halogens is 1. The molecule has 0 heterocycles. The number of hydrogen-bond acceptors (Lipinski definition) is 0. The second-order valence-corrected chi connectivity index (χ2v) is 5.69. The van der Waals surface area contributed by atoms with Gasteiger partial charge in [-0.05, 0) is 54.0 Å². The molecule has 0 aliphatic rings. The van der Waals surface area contributed by atoms with E-state index < -0.39 is 0 Å². The van der Waals surface area contributed by atoms with Crippen molar-refractivity contribution in [1.82, 2.24) is 0 Å². The lowest BCUT2D eigenvalue weighted by molar-refractivity contribution is 0.788. The fraction of sp³-hybridized carbons (Fsp3) is 0.368. The Hall–Kier alpha value is -1.27. The first-order valence-electron chi connectivity index (χ1n) is 7.59. The molecule has 0 aliphatic heterocycles. The van der Waals surface area contributed by atoms with Gasteiger partial charge in [-0.2, -0.15) is 0 Å². The molecule has 2 aromatic carbocycles. The van der Waals surface area contributed by atoms with Crippen molar-refractivity contribution in [2.75, 3.05) is 0 Å². The van der Waals surface area contributed by atoms with Gasteiger partial charge in [0.2, 0.25) is 0 Å². The van der Waals surface area contributed by atoms with Crippen molar-refractivity contribution in [3.63, 3.8) is 0 Å². The molecule has 0 N–H and O–H groups in total. The molecule has 2 rings (SSSR count). The average Bonchev–Trinajstić information content (AvgIpc) is 2.48. The Morgan fingerprint density at radius 1 is 0.850 bits per heavy atom. The predicted octanol–water partition coefficient (Wildman–Crippen LogP) is 5.84. The highest BCUT2D eigenvalue weighted by atomic mass is 35.5. The van der Waals surface area contributed by atoms with Crippen molar-refractivity contribution >= 4 is 11.6 Å². The Morgan fingerprint density at radius 3 is 2.25 bits per heavy atom. The summed E-state index contributed by atoms with van der Waals surface area (Å²) < 4.78 is 0. The van der Waals surface area contributed by atoms with Gasteiger partial charge in [-0.1, -0.05) is 68.3 Å². The maximum Gasteiger partial charge on any atom is 0.0444 e. The zero-order chi connectivity index (χ0) is 14.4. The molecule has 0 nitrogen and oxygen atoms in total. The zero-order valence-corrected chi connectivity index (χ0v) is 13.2. The molecule has 106 valence electrons. The topological polar surface area (TPSA) is 0 Å². The van der Waals surface area contributed by atoms with Crippen LogP contribution in [0.4, 0.5) is 0 Å². The van der Waals surface area contributed by atoms with Crippen LogP contribution in [-0.4, -0.2) is 0 Å². The van der Waals surface area contributed by atoms with Crippen LogP contribution in [0.5, 0.6) is 0 Å². The number of rotatable bonds is 6. The SMILES string of the molecule is CCCCc1ccccc1Cc1c(Cl)cccc1CC. The Kier molecular flexibility index (Phi) is 5.67. The van der Waals surface area contributed by atoms with Gasteiger partial charge in [0.25, 0.3) is 0 Å². The molecule has 0 saturated carbocycles. The minimum atomic E-state index is 0.898. The van der Waals surface area contributed by atoms with Gasteiger partial charge in [-0.25, -0.2) is 0 Å². The summed E-state index contributed by atoms with van der Waals surface area (Å²) >= 11 is 6.41. The number of hydrogen-bond donors (Lipinski definition) is 0. The van der Waals surface area contributed by atoms with E-state index in [2.05, 4.69) is 44.2 Å². The number of unbranched alkanes of at least 4 members (excludes halogenated alkanes) is 1. The molecule has 0 atom stereocenters. The van der Waals surface area contributed by atoms with Gasteiger partial charge >= 0.3 is 0 Å². The lowest BCUT2D eigenvalue weighted by Gasteiger charge is -2.13. The monoisotopic (exact) mass is 286 g/mol. The first kappa shape index (κ1) is 15.1. The van der Waals surface area contributed by atoms with Crippen LogP contribution in [0.2, 0.25) is 5.02 Å². The first-order valence-corrected chi connectivity index (χ1v) is 7.97. The van der Waals surface area contributed by atoms with Crippen molar-refractivity contribution in [1.29, 1.82) is 0 Å². The van der Waals surface area contributed by atoms with Crippen LogP contribution < -0.4 is 0 Å². The van der Waals surface area contributed by atoms with Crippen LogP contribution >= 0.6 is 11.6 Å². The molecule has 0 amide bonds. The van der Waals surface area contributed by atoms with Gasteiger partial charge in [-0.15, -0.1) is 0 Å². The van der Waals surface area contributed by atoms with Gasteiger partial charge in [0.05, 0.1) is 0 Å². The molecule has 0 aliphatic carbocycles. The van der Waals surface area contributed by atoms with Gasteiger partial charge in [-0.3, -0.25) is 0 Å². The summed E-state index contributed by atoms with van der Waals surface area (Å²) in [6.07, 6.45) is 5.63. The molecule has 2 aromatic rings. The third kappa shape index (κ3) is 3.64. The Bertz CT molecular complexity index is 557. The van der Waals surface area contributed by atoms with Gasteiger partial charge in [0.15, 0.2) is 0 Å². The van der Waals surface area contributed by atoms with E-state index >= 15 is 0 Å². The Labute approximate surface area is 127 Å². The Morgan fingerprint density at radius 2 is 1.55 bits per heavy atom. The number of aryl methyl sites for hydroxylation is 2. The summed E-state index contributed by atoms with van der Waals surface area (Å²) in [4.78, 5) is 0. The highest BCUT2D eigenvalue weighted by Crippen LogP contribution is 2.25. The molecule has 0 saturated heterocycles. The van der Waals surface area contributed by atoms with Crippen LogP contribution in [-0.2, 0) is 19.3 Å². The van der Waals surface area contributed by atoms with Gasteiger partial charge < -0.3 is 0 Å². The summed E-state index contributed by atoms with van der Waals surface area (Å²) in [5, 5.41) is 0.898. The van der Waals surface area contributed by atoms with E-state index in [0.717, 1.165) is 17.9 Å². The summed E-state index contributed by atoms with van der Waals surface area (Å²) in [7, 11) is 0. The van der Waals surface area contributed by atoms with Gasteiger partial charge in [0, 0.05) is 5.02 Å². The minimum Gasteiger partial charge on any atom is -0.0840 e. The fourth-order valence-electron chi connectivity index (χ4n) is 2.66. The van der Waals surface area contributed by atoms with Crippen molar-refractivity contribution in [3.8, 4) is 0 Å². The van der Waals surface area contributed by atoms with Gasteiger partial charge in [0.1, 0.15) is 0 Å². The predicted molar refractivity (Wildman–Crippen MR) is 88.7 cm³/mol. The van der Waals surface area contributed by atoms with Crippen molar-refractivity contribution in [2.24, 2.45) is 0 Å². The van der Waals surface area contributed by atoms with E-state index in [1.165, 1.54) is 41.5 Å². The maximum atomic E-state index is 6.41. The van der Waals surface area contributed by atoms with Crippen LogP contribution in [0.15, 0.2) is 42.5 Å². The summed E-state index contributed by atoms with van der Waals surface area (Å²) in [6, 6.07) is 15.0. The van der Waals surface area contributed by atoms with E-state index in [9.17, 15) is 0 Å². The van der Waals surface area contributed by atoms with E-state index in [4.69, 9.17) is 11.6 Å². The molecule has 0 aromatic heterocycles. The number of benzene rings is 2. The maximum absolute atomic E-state index is 6.41. The molecule has 0 bridgehead atoms. The highest BCUT2D eigenvalue weighted by molar-refractivity contribution is 6.31. The average molecular weight is 287 g/mol. The van der Waals surface area contributed by atoms with E-state index in [1.54, 1.807) is 0 Å². The molecular weight excluding hydrogens is 264 g/mol. The largest absolute Gasteiger partial charge is 0.0840 e. The lowest BCUT2D eigenvalue weighted by atomic mass is 9.93. The van der Waals surface area contributed by atoms with Crippen LogP contribution in [0.25, 0.3) is 0 Å². The van der Waals surface area contributed by atoms with E-state index in [0.29, 0.717) is 0 Å². The molecule has 0 spiro atoms. The first-order chi connectivity index (χ1) is 9.76. The normalized spacial score (nSPS) is 10.8. The third-order valence-corrected chi connectivity index (χ3v) is 4.24. The summed E-state index contributed by atoms with van der Waals surface area (Å²) in [5.41, 5.74) is 5.54. The smallest absolute Gasteiger partial charge is 0.0444 e. The van der Waals surface area contributed by atoms with Crippen molar-refractivity contribution in [3.05, 3.63) is 69.7 Å².